The van der Waals surface area contributed by atoms with Gasteiger partial charge in [0.25, 0.3) is 0 Å². The number of hydrogen-bond acceptors (Lipinski definition) is 7. The van der Waals surface area contributed by atoms with Crippen LogP contribution in [-0.2, 0) is 11.3 Å². The number of aromatic nitrogens is 1. The van der Waals surface area contributed by atoms with Crippen molar-refractivity contribution in [1.82, 2.24) is 4.98 Å². The highest BCUT2D eigenvalue weighted by molar-refractivity contribution is 6.15. The van der Waals surface area contributed by atoms with Crippen molar-refractivity contribution in [3.05, 3.63) is 88.9 Å². The van der Waals surface area contributed by atoms with E-state index in [1.54, 1.807) is 61.8 Å². The molecular weight excluding hydrogens is 408 g/mol. The number of hydrogen-bond donors (Lipinski definition) is 0. The number of nitrogens with zero attached hydrogens (tertiary/aromatic N) is 2. The molecular formula is C25H20N2O5. The summed E-state index contributed by atoms with van der Waals surface area (Å²) in [6.07, 6.45) is 5.03. The summed E-state index contributed by atoms with van der Waals surface area (Å²) in [7, 11) is 0. The van der Waals surface area contributed by atoms with E-state index in [2.05, 4.69) is 4.98 Å². The summed E-state index contributed by atoms with van der Waals surface area (Å²) in [6, 6.07) is 14.4. The molecule has 160 valence electrons. The summed E-state index contributed by atoms with van der Waals surface area (Å²) in [6.45, 7) is 2.87. The summed E-state index contributed by atoms with van der Waals surface area (Å²) >= 11 is 0. The maximum absolute atomic E-state index is 12.9. The Bertz CT molecular complexity index is 1240. The van der Waals surface area contributed by atoms with Crippen LogP contribution in [0.5, 0.6) is 11.5 Å². The number of pyridine rings is 1. The molecule has 0 bridgehead atoms. The van der Waals surface area contributed by atoms with Gasteiger partial charge in [0.1, 0.15) is 11.5 Å². The standard InChI is InChI=1S/C25H20N2O5/c1-2-30-25(29)17-6-3-7-18(12-17)27-14-20-21(31-15-27)9-8-19-23(28)22(32-24(19)20)11-16-5-4-10-26-13-16/h3-13H,2,14-15H2,1H3. The van der Waals surface area contributed by atoms with Crippen LogP contribution in [0.2, 0.25) is 0 Å². The summed E-state index contributed by atoms with van der Waals surface area (Å²) in [5.41, 5.74) is 3.37. The third-order valence-corrected chi connectivity index (χ3v) is 5.33. The normalized spacial score (nSPS) is 15.6. The summed E-state index contributed by atoms with van der Waals surface area (Å²) in [5.74, 6) is 0.898. The average molecular weight is 428 g/mol. The molecule has 2 aromatic carbocycles. The van der Waals surface area contributed by atoms with E-state index < -0.39 is 0 Å². The highest BCUT2D eigenvalue weighted by Crippen LogP contribution is 2.42. The van der Waals surface area contributed by atoms with Crippen LogP contribution in [0.1, 0.15) is 38.8 Å². The Hall–Kier alpha value is -4.13. The zero-order valence-corrected chi connectivity index (χ0v) is 17.4. The smallest absolute Gasteiger partial charge is 0.338 e. The molecule has 0 saturated heterocycles. The van der Waals surface area contributed by atoms with Crippen molar-refractivity contribution >= 4 is 23.5 Å². The molecule has 0 N–H and O–H groups in total. The van der Waals surface area contributed by atoms with Crippen molar-refractivity contribution in [1.29, 1.82) is 0 Å². The van der Waals surface area contributed by atoms with Crippen molar-refractivity contribution in [2.75, 3.05) is 18.2 Å². The Morgan fingerprint density at radius 1 is 1.22 bits per heavy atom. The molecule has 0 fully saturated rings. The fourth-order valence-corrected chi connectivity index (χ4v) is 3.78. The molecule has 3 heterocycles. The number of carbonyl (C=O) groups is 2. The number of carbonyl (C=O) groups excluding carboxylic acids is 2. The number of ketones is 1. The van der Waals surface area contributed by atoms with Gasteiger partial charge >= 0.3 is 5.97 Å². The number of anilines is 1. The molecule has 3 aromatic rings. The molecule has 5 rings (SSSR count). The Kier molecular flexibility index (Phi) is 5.07. The van der Waals surface area contributed by atoms with Crippen molar-refractivity contribution in [2.24, 2.45) is 0 Å². The van der Waals surface area contributed by atoms with Gasteiger partial charge in [0.15, 0.2) is 12.5 Å². The van der Waals surface area contributed by atoms with E-state index in [1.807, 2.05) is 17.0 Å². The van der Waals surface area contributed by atoms with Gasteiger partial charge < -0.3 is 19.1 Å². The topological polar surface area (TPSA) is 78.0 Å². The first-order chi connectivity index (χ1) is 15.6. The van der Waals surface area contributed by atoms with E-state index in [1.165, 1.54) is 0 Å². The average Bonchev–Trinajstić information content (AvgIpc) is 3.15. The molecule has 2 aliphatic rings. The van der Waals surface area contributed by atoms with E-state index in [4.69, 9.17) is 14.2 Å². The van der Waals surface area contributed by atoms with Crippen LogP contribution < -0.4 is 14.4 Å². The molecule has 0 amide bonds. The van der Waals surface area contributed by atoms with Gasteiger partial charge in [-0.25, -0.2) is 4.79 Å². The molecule has 32 heavy (non-hydrogen) atoms. The number of esters is 1. The summed E-state index contributed by atoms with van der Waals surface area (Å²) in [5, 5.41) is 0. The van der Waals surface area contributed by atoms with Crippen LogP contribution in [0.4, 0.5) is 5.69 Å². The number of rotatable bonds is 4. The van der Waals surface area contributed by atoms with Gasteiger partial charge in [-0.2, -0.15) is 0 Å². The van der Waals surface area contributed by atoms with Gasteiger partial charge in [0, 0.05) is 18.1 Å². The molecule has 0 radical (unpaired) electrons. The van der Waals surface area contributed by atoms with Crippen LogP contribution in [-0.4, -0.2) is 30.1 Å². The van der Waals surface area contributed by atoms with Crippen LogP contribution in [0, 0.1) is 0 Å². The van der Waals surface area contributed by atoms with Crippen molar-refractivity contribution < 1.29 is 23.8 Å². The first-order valence-electron chi connectivity index (χ1n) is 10.3. The third-order valence-electron chi connectivity index (χ3n) is 5.33. The minimum atomic E-state index is -0.368. The quantitative estimate of drug-likeness (QED) is 0.455. The SMILES string of the molecule is CCOC(=O)c1cccc(N2COc3ccc4c(c3C2)OC(=Cc2cccnc2)C4=O)c1. The zero-order valence-electron chi connectivity index (χ0n) is 17.4. The second-order valence-electron chi connectivity index (χ2n) is 7.39. The lowest BCUT2D eigenvalue weighted by atomic mass is 10.0. The number of benzene rings is 2. The van der Waals surface area contributed by atoms with Gasteiger partial charge in [-0.15, -0.1) is 0 Å². The number of fused-ring (bicyclic) bond motifs is 3. The summed E-state index contributed by atoms with van der Waals surface area (Å²) < 4.78 is 17.0. The molecule has 0 unspecified atom stereocenters. The van der Waals surface area contributed by atoms with Gasteiger partial charge in [0.2, 0.25) is 5.78 Å². The minimum absolute atomic E-state index is 0.173. The second kappa shape index (κ2) is 8.19. The van der Waals surface area contributed by atoms with E-state index in [0.717, 1.165) is 16.8 Å². The fourth-order valence-electron chi connectivity index (χ4n) is 3.78. The lowest BCUT2D eigenvalue weighted by molar-refractivity contribution is 0.0526. The number of allylic oxidation sites excluding steroid dienone is 1. The molecule has 7 nitrogen and oxygen atoms in total. The largest absolute Gasteiger partial charge is 0.473 e. The molecule has 2 aliphatic heterocycles. The monoisotopic (exact) mass is 428 g/mol. The highest BCUT2D eigenvalue weighted by Gasteiger charge is 2.33. The van der Waals surface area contributed by atoms with Gasteiger partial charge in [-0.1, -0.05) is 12.1 Å². The van der Waals surface area contributed by atoms with Crippen LogP contribution in [0.15, 0.2) is 66.7 Å². The molecule has 1 aromatic heterocycles. The molecule has 0 atom stereocenters. The van der Waals surface area contributed by atoms with Crippen LogP contribution >= 0.6 is 0 Å². The molecule has 0 saturated carbocycles. The maximum atomic E-state index is 12.9. The fraction of sp³-hybridized carbons (Fsp3) is 0.160. The lowest BCUT2D eigenvalue weighted by Crippen LogP contribution is -2.32. The van der Waals surface area contributed by atoms with Crippen LogP contribution in [0.3, 0.4) is 0 Å². The predicted molar refractivity (Wildman–Crippen MR) is 118 cm³/mol. The molecule has 0 aliphatic carbocycles. The van der Waals surface area contributed by atoms with Crippen LogP contribution in [0.25, 0.3) is 6.08 Å². The number of ether oxygens (including phenoxy) is 3. The highest BCUT2D eigenvalue weighted by atomic mass is 16.5. The number of Topliss-reactive ketones (excluding diaryl/α,β-unsaturated/α-hetero) is 1. The first-order valence-corrected chi connectivity index (χ1v) is 10.3. The minimum Gasteiger partial charge on any atom is -0.473 e. The maximum Gasteiger partial charge on any atom is 0.338 e. The summed E-state index contributed by atoms with van der Waals surface area (Å²) in [4.78, 5) is 31.1. The second-order valence-corrected chi connectivity index (χ2v) is 7.39. The van der Waals surface area contributed by atoms with Crippen molar-refractivity contribution in [3.63, 3.8) is 0 Å². The zero-order chi connectivity index (χ0) is 22.1. The van der Waals surface area contributed by atoms with Crippen molar-refractivity contribution in [2.45, 2.75) is 13.5 Å². The van der Waals surface area contributed by atoms with E-state index in [9.17, 15) is 9.59 Å². The van der Waals surface area contributed by atoms with Gasteiger partial charge in [-0.05, 0) is 55.0 Å². The van der Waals surface area contributed by atoms with Gasteiger partial charge in [-0.3, -0.25) is 9.78 Å². The van der Waals surface area contributed by atoms with E-state index in [0.29, 0.717) is 42.5 Å². The predicted octanol–water partition coefficient (Wildman–Crippen LogP) is 4.23. The lowest BCUT2D eigenvalue weighted by Gasteiger charge is -2.31. The molecule has 7 heteroatoms. The van der Waals surface area contributed by atoms with E-state index >= 15 is 0 Å². The van der Waals surface area contributed by atoms with E-state index in [-0.39, 0.29) is 17.5 Å². The van der Waals surface area contributed by atoms with Gasteiger partial charge in [0.05, 0.1) is 29.8 Å². The third kappa shape index (κ3) is 3.58. The Balaban J connectivity index is 1.45. The Labute approximate surface area is 184 Å². The molecule has 0 spiro atoms. The van der Waals surface area contributed by atoms with Crippen molar-refractivity contribution in [3.8, 4) is 11.5 Å². The first kappa shape index (κ1) is 19.8. The Morgan fingerprint density at radius 3 is 2.94 bits per heavy atom. The Morgan fingerprint density at radius 2 is 2.12 bits per heavy atom.